The fourth-order valence-electron chi connectivity index (χ4n) is 3.10. The second kappa shape index (κ2) is 7.11. The van der Waals surface area contributed by atoms with Gasteiger partial charge >= 0.3 is 0 Å². The van der Waals surface area contributed by atoms with E-state index in [0.717, 1.165) is 5.56 Å². The first-order chi connectivity index (χ1) is 12.7. The fourth-order valence-corrected chi connectivity index (χ4v) is 3.10. The summed E-state index contributed by atoms with van der Waals surface area (Å²) in [4.78, 5) is 31.3. The molecule has 0 unspecified atom stereocenters. The number of aromatic nitrogens is 2. The molecule has 1 aromatic carbocycles. The lowest BCUT2D eigenvalue weighted by atomic mass is 9.99. The number of benzene rings is 1. The van der Waals surface area contributed by atoms with E-state index in [-0.39, 0.29) is 30.4 Å². The first-order valence-corrected chi connectivity index (χ1v) is 8.75. The Morgan fingerprint density at radius 1 is 1.30 bits per heavy atom. The van der Waals surface area contributed by atoms with E-state index in [2.05, 4.69) is 15.2 Å². The van der Waals surface area contributed by atoms with Crippen molar-refractivity contribution in [2.75, 3.05) is 13.6 Å². The van der Waals surface area contributed by atoms with Gasteiger partial charge < -0.3 is 10.4 Å². The molecule has 7 nitrogen and oxygen atoms in total. The van der Waals surface area contributed by atoms with Gasteiger partial charge in [-0.3, -0.25) is 19.1 Å². The number of hydrogen-bond donors (Lipinski definition) is 2. The van der Waals surface area contributed by atoms with Gasteiger partial charge in [-0.15, -0.1) is 0 Å². The number of aromatic hydroxyl groups is 1. The minimum absolute atomic E-state index is 0.0613. The monoisotopic (exact) mass is 374 g/mol. The average molecular weight is 374 g/mol. The van der Waals surface area contributed by atoms with E-state index in [1.54, 1.807) is 12.1 Å². The molecule has 0 fully saturated rings. The van der Waals surface area contributed by atoms with Crippen LogP contribution in [0.4, 0.5) is 4.39 Å². The number of carbonyl (C=O) groups is 1. The maximum Gasteiger partial charge on any atom is 0.296 e. The van der Waals surface area contributed by atoms with Crippen LogP contribution >= 0.6 is 0 Å². The fraction of sp³-hybridized carbons (Fsp3) is 0.421. The highest BCUT2D eigenvalue weighted by atomic mass is 19.1. The minimum Gasteiger partial charge on any atom is -0.502 e. The van der Waals surface area contributed by atoms with E-state index in [1.807, 2.05) is 20.9 Å². The number of rotatable bonds is 4. The lowest BCUT2D eigenvalue weighted by molar-refractivity contribution is -0.120. The summed E-state index contributed by atoms with van der Waals surface area (Å²) in [6.07, 6.45) is -0.212. The van der Waals surface area contributed by atoms with Gasteiger partial charge in [-0.05, 0) is 38.6 Å². The Hall–Kier alpha value is -2.74. The number of amides is 1. The van der Waals surface area contributed by atoms with Gasteiger partial charge in [-0.25, -0.2) is 9.37 Å². The molecule has 2 heterocycles. The van der Waals surface area contributed by atoms with Crippen molar-refractivity contribution in [2.24, 2.45) is 0 Å². The zero-order valence-electron chi connectivity index (χ0n) is 15.6. The second-order valence-electron chi connectivity index (χ2n) is 7.25. The van der Waals surface area contributed by atoms with E-state index in [9.17, 15) is 19.1 Å². The average Bonchev–Trinajstić information content (AvgIpc) is 2.62. The standard InChI is InChI=1S/C19H23FN4O3/c1-19(2)18-22-14(16(26)17(27)24(18)9-8-23(19)3)10-15(25)21-11-12-4-6-13(20)7-5-12/h4-7,26H,8-11H2,1-3H3,(H,21,25). The highest BCUT2D eigenvalue weighted by Crippen LogP contribution is 2.29. The van der Waals surface area contributed by atoms with Crippen LogP contribution < -0.4 is 10.9 Å². The van der Waals surface area contributed by atoms with Crippen molar-refractivity contribution in [2.45, 2.75) is 38.9 Å². The summed E-state index contributed by atoms with van der Waals surface area (Å²) in [6, 6.07) is 5.79. The van der Waals surface area contributed by atoms with Crippen LogP contribution in [-0.4, -0.2) is 39.1 Å². The summed E-state index contributed by atoms with van der Waals surface area (Å²) in [7, 11) is 1.94. The van der Waals surface area contributed by atoms with E-state index >= 15 is 0 Å². The number of likely N-dealkylation sites (N-methyl/N-ethyl adjacent to an activating group) is 1. The zero-order chi connectivity index (χ0) is 19.8. The van der Waals surface area contributed by atoms with Gasteiger partial charge in [0.25, 0.3) is 5.56 Å². The topological polar surface area (TPSA) is 87.5 Å². The van der Waals surface area contributed by atoms with Gasteiger partial charge in [0, 0.05) is 19.6 Å². The number of fused-ring (bicyclic) bond motifs is 1. The Morgan fingerprint density at radius 3 is 2.63 bits per heavy atom. The molecule has 0 radical (unpaired) electrons. The Kier molecular flexibility index (Phi) is 5.01. The van der Waals surface area contributed by atoms with Crippen molar-refractivity contribution in [3.63, 3.8) is 0 Å². The Labute approximate surface area is 156 Å². The van der Waals surface area contributed by atoms with Crippen molar-refractivity contribution < 1.29 is 14.3 Å². The Morgan fingerprint density at radius 2 is 1.96 bits per heavy atom. The number of hydrogen-bond acceptors (Lipinski definition) is 5. The summed E-state index contributed by atoms with van der Waals surface area (Å²) in [5, 5.41) is 12.9. The number of halogens is 1. The predicted octanol–water partition coefficient (Wildman–Crippen LogP) is 1.13. The molecule has 3 rings (SSSR count). The summed E-state index contributed by atoms with van der Waals surface area (Å²) in [5.41, 5.74) is -0.214. The molecule has 2 N–H and O–H groups in total. The van der Waals surface area contributed by atoms with Crippen molar-refractivity contribution in [3.8, 4) is 5.75 Å². The summed E-state index contributed by atoms with van der Waals surface area (Å²) < 4.78 is 14.4. The molecule has 27 heavy (non-hydrogen) atoms. The summed E-state index contributed by atoms with van der Waals surface area (Å²) >= 11 is 0. The van der Waals surface area contributed by atoms with Gasteiger partial charge in [-0.2, -0.15) is 0 Å². The van der Waals surface area contributed by atoms with E-state index in [1.165, 1.54) is 16.7 Å². The second-order valence-corrected chi connectivity index (χ2v) is 7.25. The van der Waals surface area contributed by atoms with Crippen LogP contribution in [0.3, 0.4) is 0 Å². The molecule has 0 spiro atoms. The lowest BCUT2D eigenvalue weighted by Crippen LogP contribution is -2.50. The first kappa shape index (κ1) is 19.0. The Bertz CT molecular complexity index is 922. The van der Waals surface area contributed by atoms with Crippen LogP contribution in [0.5, 0.6) is 5.75 Å². The highest BCUT2D eigenvalue weighted by Gasteiger charge is 2.36. The number of nitrogens with one attached hydrogen (secondary N) is 1. The smallest absolute Gasteiger partial charge is 0.296 e. The zero-order valence-corrected chi connectivity index (χ0v) is 15.6. The quantitative estimate of drug-likeness (QED) is 0.838. The molecule has 0 saturated carbocycles. The van der Waals surface area contributed by atoms with Crippen LogP contribution in [0.1, 0.15) is 30.9 Å². The molecule has 144 valence electrons. The molecule has 0 atom stereocenters. The van der Waals surface area contributed by atoms with Crippen molar-refractivity contribution >= 4 is 5.91 Å². The van der Waals surface area contributed by atoms with Crippen LogP contribution in [0.25, 0.3) is 0 Å². The third kappa shape index (κ3) is 3.71. The normalized spacial score (nSPS) is 16.0. The van der Waals surface area contributed by atoms with Crippen LogP contribution in [0.15, 0.2) is 29.1 Å². The van der Waals surface area contributed by atoms with Crippen molar-refractivity contribution in [1.29, 1.82) is 0 Å². The van der Waals surface area contributed by atoms with Gasteiger partial charge in [-0.1, -0.05) is 12.1 Å². The number of nitrogens with zero attached hydrogens (tertiary/aromatic N) is 3. The molecule has 1 aromatic heterocycles. The SMILES string of the molecule is CN1CCn2c(nc(CC(=O)NCc3ccc(F)cc3)c(O)c2=O)C1(C)C. The van der Waals surface area contributed by atoms with Crippen molar-refractivity contribution in [1.82, 2.24) is 19.8 Å². The first-order valence-electron chi connectivity index (χ1n) is 8.75. The third-order valence-corrected chi connectivity index (χ3v) is 5.11. The van der Waals surface area contributed by atoms with Gasteiger partial charge in [0.15, 0.2) is 0 Å². The van der Waals surface area contributed by atoms with Gasteiger partial charge in [0.05, 0.1) is 17.7 Å². The molecule has 0 bridgehead atoms. The summed E-state index contributed by atoms with van der Waals surface area (Å²) in [6.45, 7) is 5.21. The van der Waals surface area contributed by atoms with E-state index < -0.39 is 16.8 Å². The highest BCUT2D eigenvalue weighted by molar-refractivity contribution is 5.78. The summed E-state index contributed by atoms with van der Waals surface area (Å²) in [5.74, 6) is -0.689. The van der Waals surface area contributed by atoms with Gasteiger partial charge in [0.2, 0.25) is 11.7 Å². The predicted molar refractivity (Wildman–Crippen MR) is 97.8 cm³/mol. The molecule has 1 aliphatic heterocycles. The molecule has 1 aliphatic rings. The molecule has 0 aliphatic carbocycles. The largest absolute Gasteiger partial charge is 0.502 e. The molecule has 1 amide bonds. The molecule has 0 saturated heterocycles. The van der Waals surface area contributed by atoms with Gasteiger partial charge in [0.1, 0.15) is 11.6 Å². The number of carbonyl (C=O) groups excluding carboxylic acids is 1. The molecular weight excluding hydrogens is 351 g/mol. The van der Waals surface area contributed by atoms with Crippen LogP contribution in [0, 0.1) is 5.82 Å². The molecular formula is C19H23FN4O3. The van der Waals surface area contributed by atoms with E-state index in [0.29, 0.717) is 18.9 Å². The maximum atomic E-state index is 12.9. The Balaban J connectivity index is 1.79. The van der Waals surface area contributed by atoms with Crippen LogP contribution in [0.2, 0.25) is 0 Å². The molecule has 2 aromatic rings. The van der Waals surface area contributed by atoms with Crippen LogP contribution in [-0.2, 0) is 29.8 Å². The third-order valence-electron chi connectivity index (χ3n) is 5.11. The van der Waals surface area contributed by atoms with E-state index in [4.69, 9.17) is 0 Å². The van der Waals surface area contributed by atoms with Crippen molar-refractivity contribution in [3.05, 3.63) is 57.5 Å². The molecule has 8 heteroatoms. The maximum absolute atomic E-state index is 12.9. The minimum atomic E-state index is -0.525. The lowest BCUT2D eigenvalue weighted by Gasteiger charge is -2.40.